The van der Waals surface area contributed by atoms with Gasteiger partial charge in [-0.3, -0.25) is 10.2 Å². The second-order valence-electron chi connectivity index (χ2n) is 5.38. The minimum absolute atomic E-state index is 0.407. The Hall–Kier alpha value is -0.720. The van der Waals surface area contributed by atoms with Crippen LogP contribution in [0, 0.1) is 0 Å². The fraction of sp³-hybridized carbons (Fsp3) is 0.733. The van der Waals surface area contributed by atoms with Gasteiger partial charge in [0.25, 0.3) is 0 Å². The Bertz CT molecular complexity index is 277. The van der Waals surface area contributed by atoms with Crippen LogP contribution >= 0.6 is 0 Å². The third-order valence-electron chi connectivity index (χ3n) is 3.69. The molecule has 0 atom stereocenters. The Labute approximate surface area is 122 Å². The van der Waals surface area contributed by atoms with Crippen molar-refractivity contribution in [2.75, 3.05) is 59.0 Å². The lowest BCUT2D eigenvalue weighted by atomic mass is 10.3. The van der Waals surface area contributed by atoms with Gasteiger partial charge in [0, 0.05) is 52.0 Å². The molecule has 0 aromatic rings. The lowest BCUT2D eigenvalue weighted by Crippen LogP contribution is -2.44. The third kappa shape index (κ3) is 6.63. The molecule has 0 unspecified atom stereocenters. The quantitative estimate of drug-likeness (QED) is 0.561. The Balaban J connectivity index is 1.68. The van der Waals surface area contributed by atoms with Crippen molar-refractivity contribution in [2.45, 2.75) is 12.5 Å². The predicted octanol–water partition coefficient (Wildman–Crippen LogP) is -0.497. The summed E-state index contributed by atoms with van der Waals surface area (Å²) in [5.74, 6) is 0. The maximum Gasteiger partial charge on any atom is 0.0488 e. The summed E-state index contributed by atoms with van der Waals surface area (Å²) in [6.45, 7) is 9.60. The molecule has 2 aliphatic rings. The van der Waals surface area contributed by atoms with Gasteiger partial charge in [-0.05, 0) is 19.5 Å². The van der Waals surface area contributed by atoms with Crippen molar-refractivity contribution in [2.24, 2.45) is 0 Å². The third-order valence-corrected chi connectivity index (χ3v) is 3.69. The minimum atomic E-state index is 0.407. The van der Waals surface area contributed by atoms with E-state index in [-0.39, 0.29) is 0 Å². The molecule has 1 heterocycles. The van der Waals surface area contributed by atoms with Crippen LogP contribution < -0.4 is 21.3 Å². The van der Waals surface area contributed by atoms with Gasteiger partial charge in [-0.15, -0.1) is 0 Å². The monoisotopic (exact) mass is 279 g/mol. The summed E-state index contributed by atoms with van der Waals surface area (Å²) in [7, 11) is 0. The van der Waals surface area contributed by atoms with Crippen LogP contribution in [0.4, 0.5) is 0 Å². The van der Waals surface area contributed by atoms with E-state index in [1.807, 2.05) is 0 Å². The molecular formula is C15H29N5. The summed E-state index contributed by atoms with van der Waals surface area (Å²) >= 11 is 0. The van der Waals surface area contributed by atoms with Crippen molar-refractivity contribution in [3.8, 4) is 0 Å². The van der Waals surface area contributed by atoms with E-state index in [4.69, 9.17) is 0 Å². The van der Waals surface area contributed by atoms with Crippen LogP contribution in [0.1, 0.15) is 6.42 Å². The second-order valence-corrected chi connectivity index (χ2v) is 5.38. The molecule has 1 aliphatic carbocycles. The van der Waals surface area contributed by atoms with Gasteiger partial charge in [0.1, 0.15) is 0 Å². The van der Waals surface area contributed by atoms with Crippen molar-refractivity contribution in [3.63, 3.8) is 0 Å². The van der Waals surface area contributed by atoms with E-state index in [1.165, 1.54) is 6.42 Å². The van der Waals surface area contributed by atoms with E-state index in [9.17, 15) is 0 Å². The summed E-state index contributed by atoms with van der Waals surface area (Å²) in [6.07, 6.45) is 9.81. The fourth-order valence-corrected chi connectivity index (χ4v) is 2.44. The normalized spacial score (nSPS) is 24.2. The average molecular weight is 279 g/mol. The Morgan fingerprint density at radius 1 is 0.850 bits per heavy atom. The van der Waals surface area contributed by atoms with Gasteiger partial charge in [0.05, 0.1) is 0 Å². The zero-order chi connectivity index (χ0) is 13.9. The number of nitrogens with one attached hydrogen (secondary N) is 4. The first-order valence-corrected chi connectivity index (χ1v) is 7.88. The molecule has 1 saturated heterocycles. The van der Waals surface area contributed by atoms with Crippen molar-refractivity contribution in [3.05, 3.63) is 24.3 Å². The molecule has 114 valence electrons. The molecule has 5 heteroatoms. The fourth-order valence-electron chi connectivity index (χ4n) is 2.44. The molecule has 1 fully saturated rings. The van der Waals surface area contributed by atoms with E-state index in [1.54, 1.807) is 0 Å². The van der Waals surface area contributed by atoms with Crippen molar-refractivity contribution in [1.82, 2.24) is 26.2 Å². The largest absolute Gasteiger partial charge is 0.315 e. The smallest absolute Gasteiger partial charge is 0.0488 e. The van der Waals surface area contributed by atoms with E-state index >= 15 is 0 Å². The molecule has 0 aromatic carbocycles. The zero-order valence-corrected chi connectivity index (χ0v) is 12.4. The summed E-state index contributed by atoms with van der Waals surface area (Å²) in [6, 6.07) is 0.407. The van der Waals surface area contributed by atoms with Crippen LogP contribution in [0.3, 0.4) is 0 Å². The zero-order valence-electron chi connectivity index (χ0n) is 12.4. The van der Waals surface area contributed by atoms with Gasteiger partial charge in [-0.2, -0.15) is 0 Å². The maximum atomic E-state index is 3.56. The number of hydrogen-bond donors (Lipinski definition) is 4. The van der Waals surface area contributed by atoms with Gasteiger partial charge in [0.2, 0.25) is 0 Å². The molecule has 0 spiro atoms. The molecule has 2 rings (SSSR count). The molecule has 5 nitrogen and oxygen atoms in total. The molecule has 20 heavy (non-hydrogen) atoms. The van der Waals surface area contributed by atoms with Gasteiger partial charge < -0.3 is 16.0 Å². The summed E-state index contributed by atoms with van der Waals surface area (Å²) in [5.41, 5.74) is 0. The summed E-state index contributed by atoms with van der Waals surface area (Å²) in [5, 5.41) is 14.0. The molecule has 0 bridgehead atoms. The summed E-state index contributed by atoms with van der Waals surface area (Å²) in [4.78, 5) is 2.48. The molecule has 4 N–H and O–H groups in total. The van der Waals surface area contributed by atoms with Crippen LogP contribution in [0.5, 0.6) is 0 Å². The van der Waals surface area contributed by atoms with E-state index in [2.05, 4.69) is 50.5 Å². The first-order valence-electron chi connectivity index (χ1n) is 7.88. The van der Waals surface area contributed by atoms with Crippen molar-refractivity contribution >= 4 is 0 Å². The Kier molecular flexibility index (Phi) is 7.89. The minimum Gasteiger partial charge on any atom is -0.315 e. The number of allylic oxidation sites excluding steroid dienone is 2. The van der Waals surface area contributed by atoms with Gasteiger partial charge in [0.15, 0.2) is 0 Å². The average Bonchev–Trinajstić information content (AvgIpc) is 2.98. The van der Waals surface area contributed by atoms with Gasteiger partial charge >= 0.3 is 0 Å². The van der Waals surface area contributed by atoms with Crippen molar-refractivity contribution in [1.29, 1.82) is 0 Å². The Morgan fingerprint density at radius 3 is 2.15 bits per heavy atom. The predicted molar refractivity (Wildman–Crippen MR) is 84.9 cm³/mol. The molecule has 0 radical (unpaired) electrons. The molecule has 0 saturated carbocycles. The molecule has 0 aromatic heterocycles. The standard InChI is InChI=1S/C15H29N5/c1-2-5-15(4-1)19-14-20-12-10-17-7-3-6-16-8-9-18-11-13-20/h1-2,4-5,15-19H,3,6-14H2. The highest BCUT2D eigenvalue weighted by Gasteiger charge is 2.08. The van der Waals surface area contributed by atoms with Gasteiger partial charge in [-0.1, -0.05) is 24.3 Å². The van der Waals surface area contributed by atoms with E-state index < -0.39 is 0 Å². The van der Waals surface area contributed by atoms with Crippen molar-refractivity contribution < 1.29 is 0 Å². The maximum absolute atomic E-state index is 3.56. The number of nitrogens with zero attached hydrogens (tertiary/aromatic N) is 1. The lowest BCUT2D eigenvalue weighted by Gasteiger charge is -2.24. The second kappa shape index (κ2) is 10.1. The van der Waals surface area contributed by atoms with Crippen LogP contribution in [0.15, 0.2) is 24.3 Å². The SMILES string of the molecule is C1=CC(NCN2CCNCCCNCCNCC2)C=C1. The lowest BCUT2D eigenvalue weighted by molar-refractivity contribution is 0.251. The molecule has 0 amide bonds. The highest BCUT2D eigenvalue weighted by atomic mass is 15.2. The topological polar surface area (TPSA) is 51.4 Å². The first kappa shape index (κ1) is 15.7. The van der Waals surface area contributed by atoms with E-state index in [0.29, 0.717) is 6.04 Å². The number of rotatable bonds is 3. The highest BCUT2D eigenvalue weighted by molar-refractivity contribution is 5.21. The molecule has 1 aliphatic heterocycles. The van der Waals surface area contributed by atoms with Gasteiger partial charge in [-0.25, -0.2) is 0 Å². The van der Waals surface area contributed by atoms with Crippen LogP contribution in [-0.4, -0.2) is 70.0 Å². The summed E-state index contributed by atoms with van der Waals surface area (Å²) < 4.78 is 0. The van der Waals surface area contributed by atoms with Crippen LogP contribution in [0.2, 0.25) is 0 Å². The first-order chi connectivity index (χ1) is 9.95. The van der Waals surface area contributed by atoms with Crippen LogP contribution in [0.25, 0.3) is 0 Å². The van der Waals surface area contributed by atoms with Crippen LogP contribution in [-0.2, 0) is 0 Å². The highest BCUT2D eigenvalue weighted by Crippen LogP contribution is 1.99. The number of hydrogen-bond acceptors (Lipinski definition) is 5. The Morgan fingerprint density at radius 2 is 1.45 bits per heavy atom. The molecular weight excluding hydrogens is 250 g/mol. The van der Waals surface area contributed by atoms with E-state index in [0.717, 1.165) is 59.0 Å².